The van der Waals surface area contributed by atoms with Crippen molar-refractivity contribution in [2.24, 2.45) is 0 Å². The molecule has 3 aromatic heterocycles. The third-order valence-corrected chi connectivity index (χ3v) is 6.03. The predicted octanol–water partition coefficient (Wildman–Crippen LogP) is 4.64. The molecule has 0 saturated carbocycles. The number of nitrogens with zero attached hydrogens (tertiary/aromatic N) is 4. The number of allylic oxidation sites excluding steroid dienone is 1. The summed E-state index contributed by atoms with van der Waals surface area (Å²) < 4.78 is 1.80. The number of carbonyl (C=O) groups excluding carboxylic acids is 1. The van der Waals surface area contributed by atoms with Gasteiger partial charge in [-0.2, -0.15) is 4.98 Å². The molecule has 5 rings (SSSR count). The van der Waals surface area contributed by atoms with Crippen LogP contribution >= 0.6 is 11.3 Å². The average Bonchev–Trinajstić information content (AvgIpc) is 3.43. The molecule has 0 bridgehead atoms. The number of hydrogen-bond acceptors (Lipinski definition) is 6. The molecule has 0 spiro atoms. The first kappa shape index (κ1) is 19.2. The highest BCUT2D eigenvalue weighted by molar-refractivity contribution is 7.10. The van der Waals surface area contributed by atoms with Crippen LogP contribution in [0, 0.1) is 6.92 Å². The number of aryl methyl sites for hydroxylation is 1. The molecule has 1 atom stereocenters. The Kier molecular flexibility index (Phi) is 4.83. The molecule has 4 heterocycles. The van der Waals surface area contributed by atoms with E-state index in [4.69, 9.17) is 10.1 Å². The van der Waals surface area contributed by atoms with Crippen LogP contribution in [0.2, 0.25) is 0 Å². The molecule has 4 aromatic rings. The van der Waals surface area contributed by atoms with E-state index >= 15 is 0 Å². The van der Waals surface area contributed by atoms with Gasteiger partial charge in [0.15, 0.2) is 5.82 Å². The second-order valence-corrected chi connectivity index (χ2v) is 8.33. The van der Waals surface area contributed by atoms with Gasteiger partial charge in [0.25, 0.3) is 5.91 Å². The van der Waals surface area contributed by atoms with E-state index in [-0.39, 0.29) is 11.9 Å². The van der Waals surface area contributed by atoms with E-state index in [9.17, 15) is 4.79 Å². The van der Waals surface area contributed by atoms with Crippen molar-refractivity contribution >= 4 is 28.9 Å². The van der Waals surface area contributed by atoms with Crippen LogP contribution < -0.4 is 10.6 Å². The lowest BCUT2D eigenvalue weighted by atomic mass is 10.0. The molecule has 154 valence electrons. The highest BCUT2D eigenvalue weighted by Gasteiger charge is 2.35. The van der Waals surface area contributed by atoms with Gasteiger partial charge in [-0.25, -0.2) is 4.68 Å². The first-order chi connectivity index (χ1) is 15.1. The number of carbonyl (C=O) groups is 1. The maximum atomic E-state index is 13.3. The molecule has 0 radical (unpaired) electrons. The molecule has 0 saturated heterocycles. The summed E-state index contributed by atoms with van der Waals surface area (Å²) in [5.74, 6) is 1.04. The van der Waals surface area contributed by atoms with E-state index in [0.29, 0.717) is 23.0 Å². The minimum absolute atomic E-state index is 0.199. The second kappa shape index (κ2) is 7.81. The Morgan fingerprint density at radius 1 is 1.16 bits per heavy atom. The van der Waals surface area contributed by atoms with Gasteiger partial charge in [-0.15, -0.1) is 16.4 Å². The number of benzene rings is 1. The maximum Gasteiger partial charge on any atom is 0.255 e. The number of pyridine rings is 1. The summed E-state index contributed by atoms with van der Waals surface area (Å²) in [4.78, 5) is 23.1. The van der Waals surface area contributed by atoms with Gasteiger partial charge in [-0.05, 0) is 43.5 Å². The number of anilines is 2. The summed E-state index contributed by atoms with van der Waals surface area (Å²) in [5, 5.41) is 13.0. The van der Waals surface area contributed by atoms with E-state index < -0.39 is 0 Å². The Bertz CT molecular complexity index is 1280. The highest BCUT2D eigenvalue weighted by atomic mass is 32.1. The third kappa shape index (κ3) is 3.62. The van der Waals surface area contributed by atoms with E-state index in [0.717, 1.165) is 21.7 Å². The second-order valence-electron chi connectivity index (χ2n) is 7.35. The Morgan fingerprint density at radius 2 is 2.06 bits per heavy atom. The van der Waals surface area contributed by atoms with Crippen LogP contribution in [-0.2, 0) is 4.79 Å². The first-order valence-corrected chi connectivity index (χ1v) is 10.7. The van der Waals surface area contributed by atoms with Crippen molar-refractivity contribution in [3.63, 3.8) is 0 Å². The van der Waals surface area contributed by atoms with Crippen LogP contribution in [0.15, 0.2) is 77.6 Å². The van der Waals surface area contributed by atoms with Gasteiger partial charge in [0, 0.05) is 22.3 Å². The quantitative estimate of drug-likeness (QED) is 0.495. The van der Waals surface area contributed by atoms with Crippen molar-refractivity contribution in [3.05, 3.63) is 88.0 Å². The topological polar surface area (TPSA) is 84.7 Å². The minimum Gasteiger partial charge on any atom is -0.328 e. The van der Waals surface area contributed by atoms with E-state index in [1.807, 2.05) is 55.6 Å². The number of amides is 1. The molecular formula is C23H20N6OS. The lowest BCUT2D eigenvalue weighted by Crippen LogP contribution is -2.31. The zero-order valence-electron chi connectivity index (χ0n) is 17.0. The molecular weight excluding hydrogens is 408 g/mol. The Hall–Kier alpha value is -3.78. The molecule has 7 nitrogen and oxygen atoms in total. The smallest absolute Gasteiger partial charge is 0.255 e. The Morgan fingerprint density at radius 3 is 2.81 bits per heavy atom. The van der Waals surface area contributed by atoms with Crippen molar-refractivity contribution in [2.45, 2.75) is 19.9 Å². The summed E-state index contributed by atoms with van der Waals surface area (Å²) in [7, 11) is 0. The molecule has 2 N–H and O–H groups in total. The molecule has 31 heavy (non-hydrogen) atoms. The molecule has 1 aromatic carbocycles. The van der Waals surface area contributed by atoms with Crippen LogP contribution in [0.3, 0.4) is 0 Å². The van der Waals surface area contributed by atoms with Crippen molar-refractivity contribution < 1.29 is 4.79 Å². The maximum absolute atomic E-state index is 13.3. The number of thiophene rings is 1. The van der Waals surface area contributed by atoms with Crippen LogP contribution in [0.5, 0.6) is 0 Å². The fraction of sp³-hybridized carbons (Fsp3) is 0.130. The van der Waals surface area contributed by atoms with Gasteiger partial charge in [-0.1, -0.05) is 29.8 Å². The van der Waals surface area contributed by atoms with Gasteiger partial charge in [0.1, 0.15) is 6.04 Å². The van der Waals surface area contributed by atoms with Crippen LogP contribution in [0.1, 0.15) is 23.4 Å². The number of rotatable bonds is 4. The monoisotopic (exact) mass is 428 g/mol. The lowest BCUT2D eigenvalue weighted by Gasteiger charge is -2.27. The SMILES string of the molecule is CC1=C(C(=O)Nc2cccnc2)C(c2cccs2)n2nc(-c3cccc(C)c3)nc2N1. The van der Waals surface area contributed by atoms with Gasteiger partial charge in [-0.3, -0.25) is 9.78 Å². The standard InChI is InChI=1S/C23H20N6OS/c1-14-6-3-7-16(12-14)21-27-23-25-15(2)19(22(30)26-17-8-4-10-24-13-17)20(29(23)28-21)18-9-5-11-31-18/h3-13,20H,1-2H3,(H,26,30)(H,25,27,28). The fourth-order valence-electron chi connectivity index (χ4n) is 3.70. The van der Waals surface area contributed by atoms with Gasteiger partial charge >= 0.3 is 0 Å². The summed E-state index contributed by atoms with van der Waals surface area (Å²) in [6.45, 7) is 3.93. The highest BCUT2D eigenvalue weighted by Crippen LogP contribution is 2.38. The minimum atomic E-state index is -0.376. The Labute approximate surface area is 183 Å². The number of hydrogen-bond donors (Lipinski definition) is 2. The van der Waals surface area contributed by atoms with Crippen molar-refractivity contribution in [2.75, 3.05) is 10.6 Å². The zero-order chi connectivity index (χ0) is 21.4. The summed E-state index contributed by atoms with van der Waals surface area (Å²) in [6, 6.07) is 15.3. The number of aromatic nitrogens is 4. The van der Waals surface area contributed by atoms with E-state index in [1.165, 1.54) is 0 Å². The predicted molar refractivity (Wildman–Crippen MR) is 122 cm³/mol. The van der Waals surface area contributed by atoms with Crippen molar-refractivity contribution in [1.29, 1.82) is 0 Å². The molecule has 0 fully saturated rings. The molecule has 1 aliphatic rings. The summed E-state index contributed by atoms with van der Waals surface area (Å²) in [5.41, 5.74) is 4.06. The molecule has 1 aliphatic heterocycles. The number of nitrogens with one attached hydrogen (secondary N) is 2. The zero-order valence-corrected chi connectivity index (χ0v) is 17.9. The molecule has 1 amide bonds. The normalized spacial score (nSPS) is 15.4. The molecule has 8 heteroatoms. The average molecular weight is 429 g/mol. The van der Waals surface area contributed by atoms with E-state index in [2.05, 4.69) is 21.7 Å². The Balaban J connectivity index is 1.58. The molecule has 1 unspecified atom stereocenters. The van der Waals surface area contributed by atoms with Crippen LogP contribution in [0.4, 0.5) is 11.6 Å². The fourth-order valence-corrected chi connectivity index (χ4v) is 4.51. The lowest BCUT2D eigenvalue weighted by molar-refractivity contribution is -0.113. The third-order valence-electron chi connectivity index (χ3n) is 5.11. The summed E-state index contributed by atoms with van der Waals surface area (Å²) >= 11 is 1.59. The van der Waals surface area contributed by atoms with Crippen LogP contribution in [-0.4, -0.2) is 25.7 Å². The van der Waals surface area contributed by atoms with Crippen molar-refractivity contribution in [3.8, 4) is 11.4 Å². The largest absolute Gasteiger partial charge is 0.328 e. The van der Waals surface area contributed by atoms with Gasteiger partial charge < -0.3 is 10.6 Å². The number of fused-ring (bicyclic) bond motifs is 1. The van der Waals surface area contributed by atoms with Crippen LogP contribution in [0.25, 0.3) is 11.4 Å². The van der Waals surface area contributed by atoms with Gasteiger partial charge in [0.05, 0.1) is 17.5 Å². The molecule has 0 aliphatic carbocycles. The first-order valence-electron chi connectivity index (χ1n) is 9.86. The van der Waals surface area contributed by atoms with E-state index in [1.54, 1.807) is 34.5 Å². The van der Waals surface area contributed by atoms with Crippen molar-refractivity contribution in [1.82, 2.24) is 19.7 Å². The van der Waals surface area contributed by atoms with Gasteiger partial charge in [0.2, 0.25) is 5.95 Å². The summed E-state index contributed by atoms with van der Waals surface area (Å²) in [6.07, 6.45) is 3.30.